The molecule has 0 aromatic heterocycles. The van der Waals surface area contributed by atoms with Gasteiger partial charge in [0.2, 0.25) is 0 Å². The van der Waals surface area contributed by atoms with E-state index in [1.54, 1.807) is 24.1 Å². The van der Waals surface area contributed by atoms with Crippen LogP contribution >= 0.6 is 0 Å². The molecule has 1 N–H and O–H groups in total. The molecule has 1 amide bonds. The minimum absolute atomic E-state index is 0.113. The highest BCUT2D eigenvalue weighted by molar-refractivity contribution is 5.94. The van der Waals surface area contributed by atoms with Crippen molar-refractivity contribution >= 4 is 5.91 Å². The summed E-state index contributed by atoms with van der Waals surface area (Å²) in [7, 11) is 1.78. The molecular weight excluding hydrogens is 219 g/mol. The van der Waals surface area contributed by atoms with Crippen molar-refractivity contribution in [3.05, 3.63) is 35.6 Å². The van der Waals surface area contributed by atoms with E-state index in [0.29, 0.717) is 5.56 Å². The highest BCUT2D eigenvalue weighted by atomic mass is 19.1. The van der Waals surface area contributed by atoms with Crippen LogP contribution in [0.2, 0.25) is 0 Å². The maximum atomic E-state index is 13.1. The first-order valence-electron chi connectivity index (χ1n) is 5.92. The van der Waals surface area contributed by atoms with Gasteiger partial charge in [-0.05, 0) is 37.6 Å². The van der Waals surface area contributed by atoms with Gasteiger partial charge in [0.1, 0.15) is 5.82 Å². The number of carbonyl (C=O) groups excluding carboxylic acids is 1. The molecule has 0 unspecified atom stereocenters. The lowest BCUT2D eigenvalue weighted by atomic mass is 10.1. The average Bonchev–Trinajstić information content (AvgIpc) is 2.38. The van der Waals surface area contributed by atoms with E-state index in [4.69, 9.17) is 0 Å². The normalized spacial score (nSPS) is 20.0. The van der Waals surface area contributed by atoms with Crippen LogP contribution in [0.15, 0.2) is 24.3 Å². The number of hydrogen-bond acceptors (Lipinski definition) is 2. The molecule has 0 saturated carbocycles. The topological polar surface area (TPSA) is 32.3 Å². The SMILES string of the molecule is CN(C(=O)c1cccc(F)c1)[C@@H]1CCCNC1. The summed E-state index contributed by atoms with van der Waals surface area (Å²) < 4.78 is 13.1. The Kier molecular flexibility index (Phi) is 3.74. The monoisotopic (exact) mass is 236 g/mol. The number of piperidine rings is 1. The van der Waals surface area contributed by atoms with E-state index in [0.717, 1.165) is 25.9 Å². The van der Waals surface area contributed by atoms with Crippen molar-refractivity contribution in [2.24, 2.45) is 0 Å². The van der Waals surface area contributed by atoms with Gasteiger partial charge in [-0.2, -0.15) is 0 Å². The molecule has 4 heteroatoms. The first kappa shape index (κ1) is 12.0. The zero-order valence-corrected chi connectivity index (χ0v) is 9.95. The van der Waals surface area contributed by atoms with Gasteiger partial charge in [-0.3, -0.25) is 4.79 Å². The van der Waals surface area contributed by atoms with Crippen LogP contribution in [0.25, 0.3) is 0 Å². The Bertz CT molecular complexity index is 402. The van der Waals surface area contributed by atoms with Gasteiger partial charge in [0.15, 0.2) is 0 Å². The zero-order chi connectivity index (χ0) is 12.3. The van der Waals surface area contributed by atoms with Gasteiger partial charge in [0.25, 0.3) is 5.91 Å². The van der Waals surface area contributed by atoms with E-state index in [1.807, 2.05) is 0 Å². The third kappa shape index (κ3) is 2.82. The van der Waals surface area contributed by atoms with Crippen molar-refractivity contribution in [2.75, 3.05) is 20.1 Å². The highest BCUT2D eigenvalue weighted by Crippen LogP contribution is 2.13. The number of halogens is 1. The maximum absolute atomic E-state index is 13.1. The van der Waals surface area contributed by atoms with E-state index in [1.165, 1.54) is 12.1 Å². The van der Waals surface area contributed by atoms with Crippen LogP contribution in [0.1, 0.15) is 23.2 Å². The molecule has 1 aromatic carbocycles. The molecule has 0 aliphatic carbocycles. The first-order chi connectivity index (χ1) is 8.18. The summed E-state index contributed by atoms with van der Waals surface area (Å²) in [4.78, 5) is 13.8. The second-order valence-electron chi connectivity index (χ2n) is 4.43. The molecule has 1 aliphatic rings. The van der Waals surface area contributed by atoms with Gasteiger partial charge in [0, 0.05) is 25.2 Å². The van der Waals surface area contributed by atoms with E-state index >= 15 is 0 Å². The molecule has 1 saturated heterocycles. The molecule has 2 rings (SSSR count). The number of nitrogens with zero attached hydrogens (tertiary/aromatic N) is 1. The van der Waals surface area contributed by atoms with Crippen molar-refractivity contribution in [2.45, 2.75) is 18.9 Å². The van der Waals surface area contributed by atoms with Crippen LogP contribution in [0.4, 0.5) is 4.39 Å². The number of nitrogens with one attached hydrogen (secondary N) is 1. The van der Waals surface area contributed by atoms with Crippen LogP contribution in [0, 0.1) is 5.82 Å². The Morgan fingerprint density at radius 2 is 2.35 bits per heavy atom. The zero-order valence-electron chi connectivity index (χ0n) is 9.95. The van der Waals surface area contributed by atoms with Crippen LogP contribution in [-0.4, -0.2) is 37.0 Å². The predicted octanol–water partition coefficient (Wildman–Crippen LogP) is 1.65. The van der Waals surface area contributed by atoms with Crippen LogP contribution in [0.5, 0.6) is 0 Å². The second-order valence-corrected chi connectivity index (χ2v) is 4.43. The Morgan fingerprint density at radius 3 is 3.00 bits per heavy atom. The molecular formula is C13H17FN2O. The number of carbonyl (C=O) groups is 1. The lowest BCUT2D eigenvalue weighted by molar-refractivity contribution is 0.0708. The van der Waals surface area contributed by atoms with Gasteiger partial charge >= 0.3 is 0 Å². The minimum atomic E-state index is -0.369. The van der Waals surface area contributed by atoms with Gasteiger partial charge in [0.05, 0.1) is 0 Å². The summed E-state index contributed by atoms with van der Waals surface area (Å²) in [5.41, 5.74) is 0.415. The number of benzene rings is 1. The Hall–Kier alpha value is -1.42. The van der Waals surface area contributed by atoms with Gasteiger partial charge in [-0.15, -0.1) is 0 Å². The largest absolute Gasteiger partial charge is 0.337 e. The summed E-state index contributed by atoms with van der Waals surface area (Å²) >= 11 is 0. The molecule has 1 aliphatic heterocycles. The summed E-state index contributed by atoms with van der Waals surface area (Å²) in [5, 5.41) is 3.27. The lowest BCUT2D eigenvalue weighted by Gasteiger charge is -2.31. The van der Waals surface area contributed by atoms with Crippen molar-refractivity contribution < 1.29 is 9.18 Å². The first-order valence-corrected chi connectivity index (χ1v) is 5.92. The summed E-state index contributed by atoms with van der Waals surface area (Å²) in [5.74, 6) is -0.482. The third-order valence-corrected chi connectivity index (χ3v) is 3.21. The summed E-state index contributed by atoms with van der Waals surface area (Å²) in [6.45, 7) is 1.83. The molecule has 0 spiro atoms. The van der Waals surface area contributed by atoms with Crippen molar-refractivity contribution in [1.82, 2.24) is 10.2 Å². The maximum Gasteiger partial charge on any atom is 0.253 e. The average molecular weight is 236 g/mol. The number of hydrogen-bond donors (Lipinski definition) is 1. The van der Waals surface area contributed by atoms with Gasteiger partial charge < -0.3 is 10.2 Å². The fourth-order valence-corrected chi connectivity index (χ4v) is 2.15. The Labute approximate surface area is 101 Å². The summed E-state index contributed by atoms with van der Waals surface area (Å²) in [6.07, 6.45) is 2.08. The van der Waals surface area contributed by atoms with Crippen molar-refractivity contribution in [3.8, 4) is 0 Å². The smallest absolute Gasteiger partial charge is 0.253 e. The predicted molar refractivity (Wildman–Crippen MR) is 64.4 cm³/mol. The molecule has 1 heterocycles. The van der Waals surface area contributed by atoms with Crippen LogP contribution < -0.4 is 5.32 Å². The molecule has 0 radical (unpaired) electrons. The fraction of sp³-hybridized carbons (Fsp3) is 0.462. The third-order valence-electron chi connectivity index (χ3n) is 3.21. The van der Waals surface area contributed by atoms with E-state index in [9.17, 15) is 9.18 Å². The number of amides is 1. The fourth-order valence-electron chi connectivity index (χ4n) is 2.15. The van der Waals surface area contributed by atoms with Crippen LogP contribution in [-0.2, 0) is 0 Å². The molecule has 17 heavy (non-hydrogen) atoms. The van der Waals surface area contributed by atoms with Crippen LogP contribution in [0.3, 0.4) is 0 Å². The molecule has 1 atom stereocenters. The number of rotatable bonds is 2. The van der Waals surface area contributed by atoms with E-state index in [-0.39, 0.29) is 17.8 Å². The van der Waals surface area contributed by atoms with E-state index < -0.39 is 0 Å². The molecule has 92 valence electrons. The minimum Gasteiger partial charge on any atom is -0.337 e. The Morgan fingerprint density at radius 1 is 1.53 bits per heavy atom. The van der Waals surface area contributed by atoms with Gasteiger partial charge in [-0.1, -0.05) is 6.07 Å². The van der Waals surface area contributed by atoms with Crippen molar-refractivity contribution in [3.63, 3.8) is 0 Å². The number of likely N-dealkylation sites (N-methyl/N-ethyl adjacent to an activating group) is 1. The van der Waals surface area contributed by atoms with Crippen molar-refractivity contribution in [1.29, 1.82) is 0 Å². The molecule has 0 bridgehead atoms. The molecule has 1 aromatic rings. The summed E-state index contributed by atoms with van der Waals surface area (Å²) in [6, 6.07) is 6.06. The molecule has 3 nitrogen and oxygen atoms in total. The second kappa shape index (κ2) is 5.27. The highest BCUT2D eigenvalue weighted by Gasteiger charge is 2.22. The standard InChI is InChI=1S/C13H17FN2O/c1-16(12-6-3-7-15-9-12)13(17)10-4-2-5-11(14)8-10/h2,4-5,8,12,15H,3,6-7,9H2,1H3/t12-/m1/s1. The van der Waals surface area contributed by atoms with E-state index in [2.05, 4.69) is 5.32 Å². The quantitative estimate of drug-likeness (QED) is 0.846. The molecule has 1 fully saturated rings. The lowest BCUT2D eigenvalue weighted by Crippen LogP contribution is -2.46. The Balaban J connectivity index is 2.08. The van der Waals surface area contributed by atoms with Gasteiger partial charge in [-0.25, -0.2) is 4.39 Å².